The first-order chi connectivity index (χ1) is 9.15. The van der Waals surface area contributed by atoms with E-state index in [4.69, 9.17) is 0 Å². The van der Waals surface area contributed by atoms with Crippen molar-refractivity contribution in [2.45, 2.75) is 12.4 Å². The first kappa shape index (κ1) is 13.9. The lowest BCUT2D eigenvalue weighted by atomic mass is 10.2. The van der Waals surface area contributed by atoms with Crippen LogP contribution in [0.4, 0.5) is 5.69 Å². The van der Waals surface area contributed by atoms with Gasteiger partial charge in [-0.15, -0.1) is 11.8 Å². The van der Waals surface area contributed by atoms with E-state index in [2.05, 4.69) is 21.5 Å². The van der Waals surface area contributed by atoms with Gasteiger partial charge >= 0.3 is 0 Å². The molecule has 2 amide bonds. The van der Waals surface area contributed by atoms with Crippen LogP contribution >= 0.6 is 11.8 Å². The number of para-hydroxylation sites is 1. The number of rotatable bonds is 4. The molecule has 1 aromatic rings. The summed E-state index contributed by atoms with van der Waals surface area (Å²) in [6.45, 7) is 2.18. The Morgan fingerprint density at radius 3 is 3.00 bits per heavy atom. The summed E-state index contributed by atoms with van der Waals surface area (Å²) in [4.78, 5) is 22.9. The van der Waals surface area contributed by atoms with Crippen LogP contribution in [0.2, 0.25) is 0 Å². The summed E-state index contributed by atoms with van der Waals surface area (Å²) >= 11 is 1.32. The zero-order valence-corrected chi connectivity index (χ0v) is 11.3. The third-order valence-corrected chi connectivity index (χ3v) is 3.57. The van der Waals surface area contributed by atoms with E-state index in [-0.39, 0.29) is 29.6 Å². The van der Waals surface area contributed by atoms with Crippen molar-refractivity contribution in [1.29, 1.82) is 0 Å². The molecule has 1 atom stereocenters. The molecule has 4 N–H and O–H groups in total. The second kappa shape index (κ2) is 6.55. The molecule has 1 aliphatic rings. The van der Waals surface area contributed by atoms with Crippen molar-refractivity contribution in [3.63, 3.8) is 0 Å². The Morgan fingerprint density at radius 1 is 1.47 bits per heavy atom. The second-order valence-electron chi connectivity index (χ2n) is 4.12. The normalized spacial score (nSPS) is 18.8. The van der Waals surface area contributed by atoms with Crippen LogP contribution in [0.25, 0.3) is 0 Å². The van der Waals surface area contributed by atoms with E-state index in [1.807, 2.05) is 31.2 Å². The summed E-state index contributed by atoms with van der Waals surface area (Å²) in [7, 11) is 0. The standard InChI is InChI=1S/C12H16N4O2S/c1-8-4-2-3-5-9(8)14-11(18)7-19-12-15-10(17)6-13-16-12/h2-5,12-13,16H,6-7H2,1H3,(H,14,18)(H,15,17). The zero-order chi connectivity index (χ0) is 13.7. The molecule has 102 valence electrons. The summed E-state index contributed by atoms with van der Waals surface area (Å²) in [6, 6.07) is 7.60. The van der Waals surface area contributed by atoms with Gasteiger partial charge < -0.3 is 10.6 Å². The van der Waals surface area contributed by atoms with Gasteiger partial charge in [0, 0.05) is 5.69 Å². The fourth-order valence-corrected chi connectivity index (χ4v) is 2.37. The van der Waals surface area contributed by atoms with Crippen LogP contribution in [0.1, 0.15) is 5.56 Å². The van der Waals surface area contributed by atoms with Gasteiger partial charge in [0.05, 0.1) is 12.3 Å². The van der Waals surface area contributed by atoms with Crippen LogP contribution in [0.3, 0.4) is 0 Å². The first-order valence-electron chi connectivity index (χ1n) is 5.90. The summed E-state index contributed by atoms with van der Waals surface area (Å²) in [5.41, 5.74) is 7.18. The Labute approximate surface area is 115 Å². The zero-order valence-electron chi connectivity index (χ0n) is 10.5. The number of hydrogen-bond donors (Lipinski definition) is 4. The number of aryl methyl sites for hydroxylation is 1. The lowest BCUT2D eigenvalue weighted by Crippen LogP contribution is -2.58. The number of benzene rings is 1. The van der Waals surface area contributed by atoms with Gasteiger partial charge in [-0.25, -0.2) is 10.9 Å². The Hall–Kier alpha value is -1.57. The highest BCUT2D eigenvalue weighted by molar-refractivity contribution is 8.00. The number of carbonyl (C=O) groups excluding carboxylic acids is 2. The highest BCUT2D eigenvalue weighted by Gasteiger charge is 2.18. The molecule has 0 radical (unpaired) electrons. The van der Waals surface area contributed by atoms with E-state index in [1.54, 1.807) is 0 Å². The molecule has 6 nitrogen and oxygen atoms in total. The molecular formula is C12H16N4O2S. The number of carbonyl (C=O) groups is 2. The molecular weight excluding hydrogens is 264 g/mol. The van der Waals surface area contributed by atoms with Crippen LogP contribution in [0.5, 0.6) is 0 Å². The predicted octanol–water partition coefficient (Wildman–Crippen LogP) is 0.174. The van der Waals surface area contributed by atoms with E-state index >= 15 is 0 Å². The summed E-state index contributed by atoms with van der Waals surface area (Å²) in [6.07, 6.45) is 0. The van der Waals surface area contributed by atoms with E-state index in [0.717, 1.165) is 11.3 Å². The van der Waals surface area contributed by atoms with E-state index in [0.29, 0.717) is 0 Å². The maximum absolute atomic E-state index is 11.8. The lowest BCUT2D eigenvalue weighted by Gasteiger charge is -2.24. The lowest BCUT2D eigenvalue weighted by molar-refractivity contribution is -0.122. The third-order valence-electron chi connectivity index (χ3n) is 2.57. The summed E-state index contributed by atoms with van der Waals surface area (Å²) in [5.74, 6) is 0.0741. The van der Waals surface area contributed by atoms with Crippen molar-refractivity contribution < 1.29 is 9.59 Å². The van der Waals surface area contributed by atoms with Crippen LogP contribution in [0, 0.1) is 6.92 Å². The van der Waals surface area contributed by atoms with Gasteiger partial charge in [0.2, 0.25) is 11.8 Å². The molecule has 1 saturated heterocycles. The number of hydrogen-bond acceptors (Lipinski definition) is 5. The Kier molecular flexibility index (Phi) is 4.78. The maximum Gasteiger partial charge on any atom is 0.237 e. The summed E-state index contributed by atoms with van der Waals surface area (Å²) in [5, 5.41) is 5.56. The average molecular weight is 280 g/mol. The average Bonchev–Trinajstić information content (AvgIpc) is 2.39. The van der Waals surface area contributed by atoms with E-state index < -0.39 is 0 Å². The first-order valence-corrected chi connectivity index (χ1v) is 6.95. The van der Waals surface area contributed by atoms with Gasteiger partial charge in [0.1, 0.15) is 5.50 Å². The number of anilines is 1. The molecule has 1 heterocycles. The molecule has 0 spiro atoms. The molecule has 0 saturated carbocycles. The number of thioether (sulfide) groups is 1. The Balaban J connectivity index is 1.78. The van der Waals surface area contributed by atoms with E-state index in [9.17, 15) is 9.59 Å². The van der Waals surface area contributed by atoms with Gasteiger partial charge in [0.25, 0.3) is 0 Å². The maximum atomic E-state index is 11.8. The Bertz CT molecular complexity index is 481. The molecule has 0 aromatic heterocycles. The van der Waals surface area contributed by atoms with Crippen molar-refractivity contribution >= 4 is 29.3 Å². The van der Waals surface area contributed by atoms with Gasteiger partial charge in [-0.05, 0) is 18.6 Å². The minimum absolute atomic E-state index is 0.0874. The second-order valence-corrected chi connectivity index (χ2v) is 5.21. The number of amides is 2. The van der Waals surface area contributed by atoms with E-state index in [1.165, 1.54) is 11.8 Å². The van der Waals surface area contributed by atoms with Crippen molar-refractivity contribution in [1.82, 2.24) is 16.2 Å². The van der Waals surface area contributed by atoms with Crippen LogP contribution in [0.15, 0.2) is 24.3 Å². The topological polar surface area (TPSA) is 82.3 Å². The van der Waals surface area contributed by atoms with Crippen LogP contribution in [-0.4, -0.2) is 29.6 Å². The minimum Gasteiger partial charge on any atom is -0.330 e. The molecule has 7 heteroatoms. The smallest absolute Gasteiger partial charge is 0.237 e. The highest BCUT2D eigenvalue weighted by Crippen LogP contribution is 2.14. The van der Waals surface area contributed by atoms with Crippen molar-refractivity contribution in [2.24, 2.45) is 0 Å². The van der Waals surface area contributed by atoms with Gasteiger partial charge in [0.15, 0.2) is 0 Å². The molecule has 0 bridgehead atoms. The molecule has 2 rings (SSSR count). The predicted molar refractivity (Wildman–Crippen MR) is 75.3 cm³/mol. The molecule has 1 unspecified atom stereocenters. The molecule has 1 aromatic carbocycles. The molecule has 19 heavy (non-hydrogen) atoms. The highest BCUT2D eigenvalue weighted by atomic mass is 32.2. The number of hydrazine groups is 1. The van der Waals surface area contributed by atoms with Crippen LogP contribution in [-0.2, 0) is 9.59 Å². The minimum atomic E-state index is -0.288. The molecule has 1 fully saturated rings. The van der Waals surface area contributed by atoms with Crippen molar-refractivity contribution in [2.75, 3.05) is 17.6 Å². The molecule has 1 aliphatic heterocycles. The largest absolute Gasteiger partial charge is 0.330 e. The van der Waals surface area contributed by atoms with Gasteiger partial charge in [-0.3, -0.25) is 9.59 Å². The van der Waals surface area contributed by atoms with Gasteiger partial charge in [-0.2, -0.15) is 0 Å². The quantitative estimate of drug-likeness (QED) is 0.632. The fourth-order valence-electron chi connectivity index (χ4n) is 1.60. The third kappa shape index (κ3) is 4.23. The summed E-state index contributed by atoms with van der Waals surface area (Å²) < 4.78 is 0. The number of nitrogens with one attached hydrogen (secondary N) is 4. The fraction of sp³-hybridized carbons (Fsp3) is 0.333. The van der Waals surface area contributed by atoms with Crippen LogP contribution < -0.4 is 21.5 Å². The molecule has 0 aliphatic carbocycles. The van der Waals surface area contributed by atoms with Crippen molar-refractivity contribution in [3.05, 3.63) is 29.8 Å². The Morgan fingerprint density at radius 2 is 2.26 bits per heavy atom. The monoisotopic (exact) mass is 280 g/mol. The van der Waals surface area contributed by atoms with Gasteiger partial charge in [-0.1, -0.05) is 18.2 Å². The van der Waals surface area contributed by atoms with Crippen molar-refractivity contribution in [3.8, 4) is 0 Å². The SMILES string of the molecule is Cc1ccccc1NC(=O)CSC1NNCC(=O)N1.